The average Bonchev–Trinajstić information content (AvgIpc) is 2.71. The number of carbonyl (C=O) groups is 1. The van der Waals surface area contributed by atoms with Gasteiger partial charge in [0.15, 0.2) is 5.82 Å². The Bertz CT molecular complexity index is 994. The summed E-state index contributed by atoms with van der Waals surface area (Å²) in [4.78, 5) is 21.7. The zero-order valence-electron chi connectivity index (χ0n) is 15.0. The highest BCUT2D eigenvalue weighted by Crippen LogP contribution is 2.40. The molecule has 6 nitrogen and oxygen atoms in total. The van der Waals surface area contributed by atoms with Gasteiger partial charge in [0, 0.05) is 36.0 Å². The van der Waals surface area contributed by atoms with Crippen molar-refractivity contribution in [1.29, 1.82) is 0 Å². The molecule has 0 aliphatic carbocycles. The summed E-state index contributed by atoms with van der Waals surface area (Å²) in [5.41, 5.74) is 7.32. The average molecular weight is 407 g/mol. The van der Waals surface area contributed by atoms with E-state index in [9.17, 15) is 13.6 Å². The highest BCUT2D eigenvalue weighted by atomic mass is 35.5. The second kappa shape index (κ2) is 8.04. The number of nitrogens with two attached hydrogens (primary N) is 1. The van der Waals surface area contributed by atoms with E-state index in [4.69, 9.17) is 22.1 Å². The van der Waals surface area contributed by atoms with Crippen LogP contribution in [0.15, 0.2) is 34.3 Å². The first-order valence-electron chi connectivity index (χ1n) is 8.28. The number of amides is 1. The second-order valence-electron chi connectivity index (χ2n) is 5.98. The van der Waals surface area contributed by atoms with Gasteiger partial charge in [-0.1, -0.05) is 11.6 Å². The van der Waals surface area contributed by atoms with Crippen LogP contribution in [0.2, 0.25) is 5.02 Å². The number of morpholine rings is 1. The third-order valence-electron chi connectivity index (χ3n) is 4.39. The van der Waals surface area contributed by atoms with Gasteiger partial charge in [-0.3, -0.25) is 14.8 Å². The molecule has 1 aliphatic rings. The first-order valence-corrected chi connectivity index (χ1v) is 8.66. The van der Waals surface area contributed by atoms with Crippen molar-refractivity contribution in [2.24, 2.45) is 15.7 Å². The first-order chi connectivity index (χ1) is 13.4. The number of halogens is 3. The maximum Gasteiger partial charge on any atom is 0.253 e. The molecule has 2 N–H and O–H groups in total. The molecule has 1 saturated heterocycles. The number of anilines is 1. The molecule has 0 atom stereocenters. The van der Waals surface area contributed by atoms with Crippen LogP contribution in [0.5, 0.6) is 0 Å². The highest BCUT2D eigenvalue weighted by Gasteiger charge is 2.25. The van der Waals surface area contributed by atoms with Crippen molar-refractivity contribution in [3.8, 4) is 11.1 Å². The maximum absolute atomic E-state index is 14.7. The molecule has 2 aromatic rings. The van der Waals surface area contributed by atoms with Gasteiger partial charge in [-0.15, -0.1) is 0 Å². The minimum absolute atomic E-state index is 0.00140. The molecule has 1 heterocycles. The standard InChI is InChI=1S/C19H17ClF2N4O2/c1-24-18-12(11-3-4-14(21)16(20)17(11)22)7-10(8-13(18)19(23)25-2)26-5-6-28-9-15(26)27/h3-4,7-8H,1,5-6,9H2,2H3,(H2,23,25). The van der Waals surface area contributed by atoms with E-state index in [1.807, 2.05) is 0 Å². The van der Waals surface area contributed by atoms with Gasteiger partial charge in [0.1, 0.15) is 23.3 Å². The van der Waals surface area contributed by atoms with E-state index in [0.29, 0.717) is 24.4 Å². The molecule has 1 fully saturated rings. The van der Waals surface area contributed by atoms with Crippen molar-refractivity contribution in [3.05, 3.63) is 46.5 Å². The summed E-state index contributed by atoms with van der Waals surface area (Å²) in [6.45, 7) is 4.13. The summed E-state index contributed by atoms with van der Waals surface area (Å²) in [6, 6.07) is 5.49. The third kappa shape index (κ3) is 3.48. The van der Waals surface area contributed by atoms with Crippen LogP contribution in [0.25, 0.3) is 11.1 Å². The molecule has 0 radical (unpaired) electrons. The van der Waals surface area contributed by atoms with E-state index < -0.39 is 16.7 Å². The Hall–Kier alpha value is -2.84. The lowest BCUT2D eigenvalue weighted by Crippen LogP contribution is -2.41. The highest BCUT2D eigenvalue weighted by molar-refractivity contribution is 6.31. The summed E-state index contributed by atoms with van der Waals surface area (Å²) < 4.78 is 33.5. The number of rotatable bonds is 4. The summed E-state index contributed by atoms with van der Waals surface area (Å²) in [5.74, 6) is -1.97. The van der Waals surface area contributed by atoms with E-state index in [2.05, 4.69) is 16.7 Å². The molecule has 2 aromatic carbocycles. The summed E-state index contributed by atoms with van der Waals surface area (Å²) in [6.07, 6.45) is 0. The van der Waals surface area contributed by atoms with Gasteiger partial charge >= 0.3 is 0 Å². The van der Waals surface area contributed by atoms with E-state index in [1.54, 1.807) is 12.1 Å². The molecule has 1 amide bonds. The Morgan fingerprint density at radius 2 is 2.07 bits per heavy atom. The lowest BCUT2D eigenvalue weighted by molar-refractivity contribution is -0.125. The van der Waals surface area contributed by atoms with Crippen LogP contribution in [0.4, 0.5) is 20.2 Å². The molecule has 9 heteroatoms. The van der Waals surface area contributed by atoms with Gasteiger partial charge in [0.25, 0.3) is 5.91 Å². The Morgan fingerprint density at radius 3 is 2.71 bits per heavy atom. The van der Waals surface area contributed by atoms with E-state index in [0.717, 1.165) is 6.07 Å². The number of hydrogen-bond acceptors (Lipinski definition) is 4. The van der Waals surface area contributed by atoms with Gasteiger partial charge in [-0.25, -0.2) is 8.78 Å². The SMILES string of the molecule is C=Nc1c(C(N)=NC)cc(N2CCOCC2=O)cc1-c1ccc(F)c(Cl)c1F. The second-order valence-corrected chi connectivity index (χ2v) is 6.36. The Balaban J connectivity index is 2.31. The molecule has 28 heavy (non-hydrogen) atoms. The predicted molar refractivity (Wildman–Crippen MR) is 106 cm³/mol. The minimum atomic E-state index is -0.949. The fourth-order valence-corrected chi connectivity index (χ4v) is 3.16. The van der Waals surface area contributed by atoms with Crippen LogP contribution < -0.4 is 10.6 Å². The molecule has 146 valence electrons. The van der Waals surface area contributed by atoms with Crippen molar-refractivity contribution in [2.45, 2.75) is 0 Å². The quantitative estimate of drug-likeness (QED) is 0.480. The van der Waals surface area contributed by atoms with Crippen molar-refractivity contribution < 1.29 is 18.3 Å². The van der Waals surface area contributed by atoms with Gasteiger partial charge in [0.2, 0.25) is 0 Å². The van der Waals surface area contributed by atoms with Crippen LogP contribution in [-0.2, 0) is 9.53 Å². The number of amidine groups is 1. The predicted octanol–water partition coefficient (Wildman–Crippen LogP) is 3.32. The summed E-state index contributed by atoms with van der Waals surface area (Å²) in [5, 5.41) is -0.640. The Morgan fingerprint density at radius 1 is 1.32 bits per heavy atom. The summed E-state index contributed by atoms with van der Waals surface area (Å²) in [7, 11) is 1.49. The van der Waals surface area contributed by atoms with Crippen LogP contribution in [0.1, 0.15) is 5.56 Å². The lowest BCUT2D eigenvalue weighted by atomic mass is 9.97. The molecule has 0 unspecified atom stereocenters. The molecular weight excluding hydrogens is 390 g/mol. The molecule has 0 spiro atoms. The van der Waals surface area contributed by atoms with Crippen molar-refractivity contribution in [1.82, 2.24) is 0 Å². The van der Waals surface area contributed by atoms with Gasteiger partial charge in [-0.05, 0) is 31.0 Å². The van der Waals surface area contributed by atoms with Crippen LogP contribution >= 0.6 is 11.6 Å². The van der Waals surface area contributed by atoms with E-state index in [-0.39, 0.29) is 35.2 Å². The molecule has 1 aliphatic heterocycles. The Labute approximate surface area is 165 Å². The fraction of sp³-hybridized carbons (Fsp3) is 0.211. The van der Waals surface area contributed by atoms with Crippen LogP contribution in [0.3, 0.4) is 0 Å². The normalized spacial score (nSPS) is 15.1. The van der Waals surface area contributed by atoms with Crippen molar-refractivity contribution in [2.75, 3.05) is 31.7 Å². The molecular formula is C19H17ClF2N4O2. The number of ether oxygens (including phenoxy) is 1. The first kappa shape index (κ1) is 19.9. The van der Waals surface area contributed by atoms with Gasteiger partial charge in [-0.2, -0.15) is 0 Å². The molecule has 0 aromatic heterocycles. The van der Waals surface area contributed by atoms with E-state index >= 15 is 0 Å². The zero-order valence-corrected chi connectivity index (χ0v) is 15.8. The topological polar surface area (TPSA) is 80.3 Å². The molecule has 0 saturated carbocycles. The summed E-state index contributed by atoms with van der Waals surface area (Å²) >= 11 is 5.74. The van der Waals surface area contributed by atoms with Crippen molar-refractivity contribution in [3.63, 3.8) is 0 Å². The van der Waals surface area contributed by atoms with Crippen molar-refractivity contribution >= 4 is 41.4 Å². The monoisotopic (exact) mass is 406 g/mol. The number of carbonyl (C=O) groups excluding carboxylic acids is 1. The lowest BCUT2D eigenvalue weighted by Gasteiger charge is -2.28. The molecule has 3 rings (SSSR count). The number of nitrogens with zero attached hydrogens (tertiary/aromatic N) is 3. The third-order valence-corrected chi connectivity index (χ3v) is 4.74. The number of aliphatic imine (C=N–C) groups is 2. The fourth-order valence-electron chi connectivity index (χ4n) is 2.99. The minimum Gasteiger partial charge on any atom is -0.383 e. The Kier molecular flexibility index (Phi) is 5.71. The van der Waals surface area contributed by atoms with E-state index in [1.165, 1.54) is 18.0 Å². The zero-order chi connectivity index (χ0) is 20.4. The van der Waals surface area contributed by atoms with Crippen LogP contribution in [0, 0.1) is 11.6 Å². The number of hydrogen-bond donors (Lipinski definition) is 1. The van der Waals surface area contributed by atoms with Gasteiger partial charge in [0.05, 0.1) is 12.3 Å². The largest absolute Gasteiger partial charge is 0.383 e. The molecule has 0 bridgehead atoms. The smallest absolute Gasteiger partial charge is 0.253 e. The number of benzene rings is 2. The maximum atomic E-state index is 14.7. The van der Waals surface area contributed by atoms with Crippen LogP contribution in [-0.4, -0.2) is 45.3 Å². The van der Waals surface area contributed by atoms with Gasteiger partial charge < -0.3 is 15.4 Å².